The fourth-order valence-corrected chi connectivity index (χ4v) is 1.99. The largest absolute Gasteiger partial charge is 0.497 e. The molecule has 19 heavy (non-hydrogen) atoms. The summed E-state index contributed by atoms with van der Waals surface area (Å²) in [5.41, 5.74) is 10.2. The van der Waals surface area contributed by atoms with Crippen LogP contribution in [0.3, 0.4) is 0 Å². The molecule has 0 aromatic heterocycles. The van der Waals surface area contributed by atoms with Crippen LogP contribution in [0.15, 0.2) is 42.5 Å². The van der Waals surface area contributed by atoms with Gasteiger partial charge in [-0.2, -0.15) is 0 Å². The molecule has 100 valence electrons. The Morgan fingerprint density at radius 1 is 1.11 bits per heavy atom. The van der Waals surface area contributed by atoms with Crippen LogP contribution in [0.1, 0.15) is 11.1 Å². The van der Waals surface area contributed by atoms with Gasteiger partial charge in [-0.05, 0) is 48.4 Å². The standard InChI is InChI=1S/C16H20N2O/c1-12-10-14(6-9-16(12)17)18(2)11-13-4-7-15(19-3)8-5-13/h4-10H,11,17H2,1-3H3. The Balaban J connectivity index is 2.10. The van der Waals surface area contributed by atoms with Crippen LogP contribution < -0.4 is 15.4 Å². The first kappa shape index (κ1) is 13.3. The maximum absolute atomic E-state index is 5.84. The Labute approximate surface area is 114 Å². The van der Waals surface area contributed by atoms with Gasteiger partial charge in [0.2, 0.25) is 0 Å². The van der Waals surface area contributed by atoms with Crippen molar-refractivity contribution >= 4 is 11.4 Å². The maximum atomic E-state index is 5.84. The van der Waals surface area contributed by atoms with Crippen LogP contribution >= 0.6 is 0 Å². The zero-order valence-electron chi connectivity index (χ0n) is 11.7. The molecule has 2 aromatic rings. The minimum atomic E-state index is 0.835. The number of ether oxygens (including phenoxy) is 1. The molecule has 3 heteroatoms. The third-order valence-electron chi connectivity index (χ3n) is 3.27. The van der Waals surface area contributed by atoms with Crippen LogP contribution in [0.4, 0.5) is 11.4 Å². The number of nitrogens with zero attached hydrogens (tertiary/aromatic N) is 1. The second-order valence-corrected chi connectivity index (χ2v) is 4.75. The second-order valence-electron chi connectivity index (χ2n) is 4.75. The number of hydrogen-bond acceptors (Lipinski definition) is 3. The van der Waals surface area contributed by atoms with E-state index in [1.807, 2.05) is 31.2 Å². The number of nitrogen functional groups attached to an aromatic ring is 1. The summed E-state index contributed by atoms with van der Waals surface area (Å²) in [4.78, 5) is 2.20. The summed E-state index contributed by atoms with van der Waals surface area (Å²) >= 11 is 0. The molecule has 0 aliphatic rings. The molecule has 0 aliphatic carbocycles. The molecule has 2 N–H and O–H groups in total. The van der Waals surface area contributed by atoms with Gasteiger partial charge in [0.25, 0.3) is 0 Å². The minimum Gasteiger partial charge on any atom is -0.497 e. The molecule has 0 spiro atoms. The van der Waals surface area contributed by atoms with Crippen LogP contribution in [0, 0.1) is 6.92 Å². The first-order chi connectivity index (χ1) is 9.10. The van der Waals surface area contributed by atoms with Gasteiger partial charge in [0.1, 0.15) is 5.75 Å². The summed E-state index contributed by atoms with van der Waals surface area (Å²) in [5.74, 6) is 0.884. The van der Waals surface area contributed by atoms with E-state index >= 15 is 0 Å². The molecule has 0 heterocycles. The van der Waals surface area contributed by atoms with E-state index < -0.39 is 0 Å². The van der Waals surface area contributed by atoms with E-state index in [1.165, 1.54) is 11.3 Å². The Kier molecular flexibility index (Phi) is 3.95. The van der Waals surface area contributed by atoms with Gasteiger partial charge in [0.05, 0.1) is 7.11 Å². The highest BCUT2D eigenvalue weighted by molar-refractivity contribution is 5.57. The number of aryl methyl sites for hydroxylation is 1. The predicted molar refractivity (Wildman–Crippen MR) is 80.7 cm³/mol. The highest BCUT2D eigenvalue weighted by Gasteiger charge is 2.04. The molecule has 0 fully saturated rings. The fraction of sp³-hybridized carbons (Fsp3) is 0.250. The number of rotatable bonds is 4. The van der Waals surface area contributed by atoms with Crippen molar-refractivity contribution in [1.29, 1.82) is 0 Å². The summed E-state index contributed by atoms with van der Waals surface area (Å²) in [6.45, 7) is 2.88. The van der Waals surface area contributed by atoms with E-state index in [4.69, 9.17) is 10.5 Å². The van der Waals surface area contributed by atoms with E-state index in [0.29, 0.717) is 0 Å². The number of methoxy groups -OCH3 is 1. The van der Waals surface area contributed by atoms with Crippen LogP contribution in [0.5, 0.6) is 5.75 Å². The molecule has 0 saturated carbocycles. The molecule has 2 rings (SSSR count). The maximum Gasteiger partial charge on any atom is 0.118 e. The lowest BCUT2D eigenvalue weighted by Crippen LogP contribution is -2.16. The van der Waals surface area contributed by atoms with Crippen LogP contribution in [-0.2, 0) is 6.54 Å². The predicted octanol–water partition coefficient (Wildman–Crippen LogP) is 3.22. The zero-order chi connectivity index (χ0) is 13.8. The van der Waals surface area contributed by atoms with Crippen molar-refractivity contribution in [2.45, 2.75) is 13.5 Å². The summed E-state index contributed by atoms with van der Waals surface area (Å²) < 4.78 is 5.16. The van der Waals surface area contributed by atoms with Crippen molar-refractivity contribution in [3.63, 3.8) is 0 Å². The average Bonchev–Trinajstić information content (AvgIpc) is 2.42. The van der Waals surface area contributed by atoms with Crippen molar-refractivity contribution in [1.82, 2.24) is 0 Å². The lowest BCUT2D eigenvalue weighted by Gasteiger charge is -2.20. The SMILES string of the molecule is COc1ccc(CN(C)c2ccc(N)c(C)c2)cc1. The monoisotopic (exact) mass is 256 g/mol. The van der Waals surface area contributed by atoms with Gasteiger partial charge in [-0.15, -0.1) is 0 Å². The summed E-state index contributed by atoms with van der Waals surface area (Å²) in [7, 11) is 3.76. The van der Waals surface area contributed by atoms with Gasteiger partial charge in [-0.1, -0.05) is 12.1 Å². The Hall–Kier alpha value is -2.16. The average molecular weight is 256 g/mol. The van der Waals surface area contributed by atoms with E-state index in [0.717, 1.165) is 23.5 Å². The van der Waals surface area contributed by atoms with Crippen LogP contribution in [0.25, 0.3) is 0 Å². The summed E-state index contributed by atoms with van der Waals surface area (Å²) in [6.07, 6.45) is 0. The van der Waals surface area contributed by atoms with Crippen LogP contribution in [0.2, 0.25) is 0 Å². The molecule has 0 bridgehead atoms. The zero-order valence-corrected chi connectivity index (χ0v) is 11.7. The quantitative estimate of drug-likeness (QED) is 0.854. The van der Waals surface area contributed by atoms with Gasteiger partial charge >= 0.3 is 0 Å². The molecule has 2 aromatic carbocycles. The highest BCUT2D eigenvalue weighted by atomic mass is 16.5. The van der Waals surface area contributed by atoms with E-state index in [9.17, 15) is 0 Å². The molecule has 0 unspecified atom stereocenters. The molecule has 0 amide bonds. The smallest absolute Gasteiger partial charge is 0.118 e. The number of benzene rings is 2. The molecule has 0 saturated heterocycles. The van der Waals surface area contributed by atoms with E-state index in [-0.39, 0.29) is 0 Å². The van der Waals surface area contributed by atoms with Crippen molar-refractivity contribution in [2.24, 2.45) is 0 Å². The molecular formula is C16H20N2O. The summed E-state index contributed by atoms with van der Waals surface area (Å²) in [5, 5.41) is 0. The van der Waals surface area contributed by atoms with Crippen molar-refractivity contribution in [3.05, 3.63) is 53.6 Å². The van der Waals surface area contributed by atoms with Crippen molar-refractivity contribution in [2.75, 3.05) is 24.8 Å². The fourth-order valence-electron chi connectivity index (χ4n) is 1.99. The van der Waals surface area contributed by atoms with Gasteiger partial charge in [0, 0.05) is 25.0 Å². The molecule has 0 radical (unpaired) electrons. The Morgan fingerprint density at radius 3 is 2.37 bits per heavy atom. The first-order valence-corrected chi connectivity index (χ1v) is 6.30. The Morgan fingerprint density at radius 2 is 1.79 bits per heavy atom. The van der Waals surface area contributed by atoms with E-state index in [1.54, 1.807) is 7.11 Å². The summed E-state index contributed by atoms with van der Waals surface area (Å²) in [6, 6.07) is 14.2. The van der Waals surface area contributed by atoms with Gasteiger partial charge in [0.15, 0.2) is 0 Å². The Bertz CT molecular complexity index is 549. The van der Waals surface area contributed by atoms with E-state index in [2.05, 4.69) is 30.1 Å². The third-order valence-corrected chi connectivity index (χ3v) is 3.27. The topological polar surface area (TPSA) is 38.5 Å². The van der Waals surface area contributed by atoms with Crippen molar-refractivity contribution < 1.29 is 4.74 Å². The number of hydrogen-bond donors (Lipinski definition) is 1. The molecule has 0 aliphatic heterocycles. The van der Waals surface area contributed by atoms with Gasteiger partial charge in [-0.25, -0.2) is 0 Å². The first-order valence-electron chi connectivity index (χ1n) is 6.30. The van der Waals surface area contributed by atoms with Crippen molar-refractivity contribution in [3.8, 4) is 5.75 Å². The molecule has 0 atom stereocenters. The second kappa shape index (κ2) is 5.65. The lowest BCUT2D eigenvalue weighted by atomic mass is 10.1. The number of anilines is 2. The van der Waals surface area contributed by atoms with Gasteiger partial charge in [-0.3, -0.25) is 0 Å². The normalized spacial score (nSPS) is 10.3. The molecular weight excluding hydrogens is 236 g/mol. The minimum absolute atomic E-state index is 0.835. The lowest BCUT2D eigenvalue weighted by molar-refractivity contribution is 0.414. The van der Waals surface area contributed by atoms with Gasteiger partial charge < -0.3 is 15.4 Å². The highest BCUT2D eigenvalue weighted by Crippen LogP contribution is 2.21. The third kappa shape index (κ3) is 3.19. The molecule has 3 nitrogen and oxygen atoms in total. The van der Waals surface area contributed by atoms with Crippen LogP contribution in [-0.4, -0.2) is 14.2 Å². The number of nitrogens with two attached hydrogens (primary N) is 1.